The molecule has 1 unspecified atom stereocenters. The number of ether oxygens (including phenoxy) is 3. The Kier molecular flexibility index (Phi) is 67.6. The van der Waals surface area contributed by atoms with Crippen LogP contribution in [0.25, 0.3) is 0 Å². The normalized spacial score (nSPS) is 12.5. The third-order valence-corrected chi connectivity index (χ3v) is 15.9. The second-order valence-corrected chi connectivity index (χ2v) is 24.1. The Hall–Kier alpha value is -3.15. The lowest BCUT2D eigenvalue weighted by Crippen LogP contribution is -2.30. The molecule has 0 heterocycles. The smallest absolute Gasteiger partial charge is 0.306 e. The molecule has 0 aromatic carbocycles. The fraction of sp³-hybridized carbons (Fsp3) is 0.803. The van der Waals surface area contributed by atoms with Crippen LogP contribution in [0.3, 0.4) is 0 Å². The van der Waals surface area contributed by atoms with Gasteiger partial charge in [-0.15, -0.1) is 0 Å². The van der Waals surface area contributed by atoms with Gasteiger partial charge in [0, 0.05) is 19.3 Å². The highest BCUT2D eigenvalue weighted by Gasteiger charge is 2.19. The van der Waals surface area contributed by atoms with Crippen molar-refractivity contribution in [2.75, 3.05) is 13.2 Å². The summed E-state index contributed by atoms with van der Waals surface area (Å²) in [6, 6.07) is 0. The van der Waals surface area contributed by atoms with Crippen LogP contribution in [0.4, 0.5) is 0 Å². The summed E-state index contributed by atoms with van der Waals surface area (Å²) in [5.74, 6) is -0.863. The molecule has 6 heteroatoms. The van der Waals surface area contributed by atoms with E-state index in [4.69, 9.17) is 14.2 Å². The maximum absolute atomic E-state index is 13.0. The van der Waals surface area contributed by atoms with Gasteiger partial charge >= 0.3 is 17.9 Å². The average Bonchev–Trinajstić information content (AvgIpc) is 3.47. The number of hydrogen-bond donors (Lipinski definition) is 0. The molecule has 0 bridgehead atoms. The van der Waals surface area contributed by atoms with Gasteiger partial charge < -0.3 is 14.2 Å². The van der Waals surface area contributed by atoms with Crippen LogP contribution in [0.1, 0.15) is 374 Å². The summed E-state index contributed by atoms with van der Waals surface area (Å²) < 4.78 is 17.0. The fourth-order valence-electron chi connectivity index (χ4n) is 10.5. The molecule has 0 aliphatic heterocycles. The number of allylic oxidation sites excluding steroid dienone is 12. The molecule has 0 aromatic rings. The average molecular weight is 1150 g/mol. The van der Waals surface area contributed by atoms with Crippen molar-refractivity contribution in [3.8, 4) is 0 Å². The van der Waals surface area contributed by atoms with E-state index >= 15 is 0 Å². The summed E-state index contributed by atoms with van der Waals surface area (Å²) in [5, 5.41) is 0. The van der Waals surface area contributed by atoms with Crippen molar-refractivity contribution >= 4 is 17.9 Å². The largest absolute Gasteiger partial charge is 0.462 e. The van der Waals surface area contributed by atoms with Gasteiger partial charge in [-0.05, 0) is 109 Å². The molecule has 0 spiro atoms. The van der Waals surface area contributed by atoms with Crippen LogP contribution in [0.15, 0.2) is 72.9 Å². The summed E-state index contributed by atoms with van der Waals surface area (Å²) in [6.45, 7) is 6.57. The molecular weight excluding hydrogens is 1010 g/mol. The van der Waals surface area contributed by atoms with E-state index in [1.165, 1.54) is 244 Å². The van der Waals surface area contributed by atoms with E-state index in [1.54, 1.807) is 0 Å². The Balaban J connectivity index is 4.24. The minimum atomic E-state index is -0.780. The quantitative estimate of drug-likeness (QED) is 0.0261. The molecule has 0 amide bonds. The Bertz CT molecular complexity index is 1500. The molecular formula is C76H136O6. The summed E-state index contributed by atoms with van der Waals surface area (Å²) in [6.07, 6.45) is 92.2. The van der Waals surface area contributed by atoms with Gasteiger partial charge in [0.15, 0.2) is 6.10 Å². The number of rotatable bonds is 66. The molecule has 0 N–H and O–H groups in total. The van der Waals surface area contributed by atoms with Gasteiger partial charge in [-0.25, -0.2) is 0 Å². The minimum Gasteiger partial charge on any atom is -0.462 e. The van der Waals surface area contributed by atoms with Gasteiger partial charge in [0.05, 0.1) is 0 Å². The van der Waals surface area contributed by atoms with E-state index in [-0.39, 0.29) is 31.1 Å². The van der Waals surface area contributed by atoms with Gasteiger partial charge in [0.25, 0.3) is 0 Å². The number of unbranched alkanes of at least 4 members (excludes halogenated alkanes) is 43. The maximum Gasteiger partial charge on any atom is 0.306 e. The molecule has 0 radical (unpaired) electrons. The molecule has 476 valence electrons. The van der Waals surface area contributed by atoms with Crippen LogP contribution < -0.4 is 0 Å². The monoisotopic (exact) mass is 1150 g/mol. The van der Waals surface area contributed by atoms with Crippen LogP contribution in [-0.2, 0) is 28.6 Å². The predicted molar refractivity (Wildman–Crippen MR) is 358 cm³/mol. The molecule has 0 saturated heterocycles. The van der Waals surface area contributed by atoms with E-state index in [2.05, 4.69) is 93.7 Å². The lowest BCUT2D eigenvalue weighted by atomic mass is 10.0. The molecule has 0 aliphatic carbocycles. The molecule has 0 saturated carbocycles. The number of carbonyl (C=O) groups excluding carboxylic acids is 3. The van der Waals surface area contributed by atoms with Crippen molar-refractivity contribution in [1.29, 1.82) is 0 Å². The number of hydrogen-bond acceptors (Lipinski definition) is 6. The van der Waals surface area contributed by atoms with E-state index in [0.717, 1.165) is 89.9 Å². The van der Waals surface area contributed by atoms with E-state index in [0.29, 0.717) is 19.3 Å². The van der Waals surface area contributed by atoms with Crippen molar-refractivity contribution in [2.24, 2.45) is 0 Å². The SMILES string of the molecule is CC/C=C\C/C=C\C/C=C\C/C=C\CCCCCCCCCCCCCCCCCCC(=O)OCC(COC(=O)CCCCCCC/C=C\CCCCCCC)OC(=O)CCCCCCCCCCC/C=C\CCCCCCCCCC. The highest BCUT2D eigenvalue weighted by Crippen LogP contribution is 2.18. The van der Waals surface area contributed by atoms with E-state index in [1.807, 2.05) is 0 Å². The van der Waals surface area contributed by atoms with Crippen LogP contribution in [0.2, 0.25) is 0 Å². The van der Waals surface area contributed by atoms with E-state index < -0.39 is 6.10 Å². The Morgan fingerprint density at radius 1 is 0.256 bits per heavy atom. The lowest BCUT2D eigenvalue weighted by molar-refractivity contribution is -0.167. The second kappa shape index (κ2) is 70.3. The zero-order valence-corrected chi connectivity index (χ0v) is 54.8. The van der Waals surface area contributed by atoms with Crippen molar-refractivity contribution in [3.05, 3.63) is 72.9 Å². The van der Waals surface area contributed by atoms with Crippen LogP contribution in [0.5, 0.6) is 0 Å². The standard InChI is InChI=1S/C76H136O6/c1-4-7-10-13-16-19-22-25-28-30-32-34-35-36-37-38-39-40-41-43-44-46-48-51-54-57-60-63-66-69-75(78)81-72-73(71-80-74(77)68-65-62-59-56-53-50-27-24-21-18-15-12-9-6-3)82-76(79)70-67-64-61-58-55-52-49-47-45-42-33-31-29-26-23-20-17-14-11-8-5-2/h7,10,16,19,24-25,27-28,31-34,73H,4-6,8-9,11-15,17-18,20-23,26,29-30,35-72H2,1-3H3/b10-7-,19-16-,27-24-,28-25-,33-31-,34-32-. The summed E-state index contributed by atoms with van der Waals surface area (Å²) in [7, 11) is 0. The molecule has 1 atom stereocenters. The van der Waals surface area contributed by atoms with Crippen molar-refractivity contribution in [1.82, 2.24) is 0 Å². The first kappa shape index (κ1) is 78.8. The summed E-state index contributed by atoms with van der Waals surface area (Å²) >= 11 is 0. The second-order valence-electron chi connectivity index (χ2n) is 24.1. The Morgan fingerprint density at radius 2 is 0.476 bits per heavy atom. The van der Waals surface area contributed by atoms with Gasteiger partial charge in [0.1, 0.15) is 13.2 Å². The van der Waals surface area contributed by atoms with Crippen molar-refractivity contribution in [2.45, 2.75) is 380 Å². The molecule has 0 rings (SSSR count). The molecule has 6 nitrogen and oxygen atoms in total. The van der Waals surface area contributed by atoms with Crippen molar-refractivity contribution in [3.63, 3.8) is 0 Å². The number of carbonyl (C=O) groups is 3. The van der Waals surface area contributed by atoms with Gasteiger partial charge in [-0.3, -0.25) is 14.4 Å². The first-order valence-electron chi connectivity index (χ1n) is 35.9. The Labute approximate surface area is 510 Å². The summed E-state index contributed by atoms with van der Waals surface area (Å²) in [4.78, 5) is 38.5. The van der Waals surface area contributed by atoms with Crippen LogP contribution in [-0.4, -0.2) is 37.2 Å². The molecule has 82 heavy (non-hydrogen) atoms. The molecule has 0 aromatic heterocycles. The zero-order chi connectivity index (χ0) is 59.2. The molecule has 0 aliphatic rings. The Morgan fingerprint density at radius 3 is 0.756 bits per heavy atom. The summed E-state index contributed by atoms with van der Waals surface area (Å²) in [5.41, 5.74) is 0. The van der Waals surface area contributed by atoms with Crippen LogP contribution in [0, 0.1) is 0 Å². The highest BCUT2D eigenvalue weighted by molar-refractivity contribution is 5.71. The van der Waals surface area contributed by atoms with Gasteiger partial charge in [-0.2, -0.15) is 0 Å². The first-order chi connectivity index (χ1) is 40.5. The van der Waals surface area contributed by atoms with Gasteiger partial charge in [0.2, 0.25) is 0 Å². The fourth-order valence-corrected chi connectivity index (χ4v) is 10.5. The molecule has 0 fully saturated rings. The van der Waals surface area contributed by atoms with E-state index in [9.17, 15) is 14.4 Å². The zero-order valence-electron chi connectivity index (χ0n) is 54.8. The minimum absolute atomic E-state index is 0.0749. The lowest BCUT2D eigenvalue weighted by Gasteiger charge is -2.18. The highest BCUT2D eigenvalue weighted by atomic mass is 16.6. The first-order valence-corrected chi connectivity index (χ1v) is 35.9. The third kappa shape index (κ3) is 67.6. The topological polar surface area (TPSA) is 78.9 Å². The number of esters is 3. The van der Waals surface area contributed by atoms with Gasteiger partial charge in [-0.1, -0.05) is 318 Å². The third-order valence-electron chi connectivity index (χ3n) is 15.9. The predicted octanol–water partition coefficient (Wildman–Crippen LogP) is 24.8. The van der Waals surface area contributed by atoms with Crippen LogP contribution >= 0.6 is 0 Å². The maximum atomic E-state index is 13.0. The van der Waals surface area contributed by atoms with Crippen molar-refractivity contribution < 1.29 is 28.6 Å².